The Morgan fingerprint density at radius 1 is 1.54 bits per heavy atom. The third-order valence-corrected chi connectivity index (χ3v) is 2.34. The number of carbonyl (C=O) groups excluding carboxylic acids is 2. The van der Waals surface area contributed by atoms with Crippen molar-refractivity contribution in [3.8, 4) is 12.3 Å². The van der Waals surface area contributed by atoms with Crippen LogP contribution in [0, 0.1) is 17.8 Å². The number of likely N-dealkylation sites (tertiary alicyclic amines) is 1. The Morgan fingerprint density at radius 2 is 2.15 bits per heavy atom. The van der Waals surface area contributed by atoms with Gasteiger partial charge in [-0.3, -0.25) is 14.5 Å². The second-order valence-corrected chi connectivity index (χ2v) is 3.87. The second kappa shape index (κ2) is 3.21. The molecule has 0 saturated carbocycles. The molecule has 0 aliphatic carbocycles. The zero-order valence-corrected chi connectivity index (χ0v) is 7.96. The van der Waals surface area contributed by atoms with Gasteiger partial charge in [0.2, 0.25) is 11.8 Å². The Balaban J connectivity index is 2.86. The summed E-state index contributed by atoms with van der Waals surface area (Å²) in [5.74, 6) is 2.02. The Kier molecular flexibility index (Phi) is 2.42. The van der Waals surface area contributed by atoms with Crippen LogP contribution in [0.25, 0.3) is 0 Å². The molecule has 2 amide bonds. The van der Waals surface area contributed by atoms with Gasteiger partial charge in [0.05, 0.1) is 6.54 Å². The molecule has 1 fully saturated rings. The first-order valence-electron chi connectivity index (χ1n) is 4.27. The molecule has 0 aromatic heterocycles. The summed E-state index contributed by atoms with van der Waals surface area (Å²) in [6, 6.07) is 0. The zero-order chi connectivity index (χ0) is 10.1. The number of nitrogens with zero attached hydrogens (tertiary/aromatic N) is 1. The van der Waals surface area contributed by atoms with Crippen molar-refractivity contribution in [3.63, 3.8) is 0 Å². The summed E-state index contributed by atoms with van der Waals surface area (Å²) in [7, 11) is 0. The van der Waals surface area contributed by atoms with E-state index in [0.29, 0.717) is 12.8 Å². The van der Waals surface area contributed by atoms with Crippen LogP contribution in [0.2, 0.25) is 0 Å². The average Bonchev–Trinajstić information content (AvgIpc) is 2.07. The summed E-state index contributed by atoms with van der Waals surface area (Å²) < 4.78 is 0. The molecule has 3 nitrogen and oxygen atoms in total. The van der Waals surface area contributed by atoms with Gasteiger partial charge in [-0.25, -0.2) is 0 Å². The van der Waals surface area contributed by atoms with E-state index in [1.54, 1.807) is 0 Å². The van der Waals surface area contributed by atoms with Gasteiger partial charge in [0.1, 0.15) is 0 Å². The molecule has 1 aliphatic heterocycles. The topological polar surface area (TPSA) is 37.4 Å². The van der Waals surface area contributed by atoms with Gasteiger partial charge in [0.15, 0.2) is 0 Å². The minimum atomic E-state index is -0.440. The molecule has 0 aromatic rings. The first kappa shape index (κ1) is 9.79. The maximum absolute atomic E-state index is 11.7. The molecule has 0 radical (unpaired) electrons. The normalized spacial score (nSPS) is 21.5. The Hall–Kier alpha value is -1.30. The van der Waals surface area contributed by atoms with Crippen molar-refractivity contribution in [2.24, 2.45) is 5.41 Å². The van der Waals surface area contributed by atoms with Crippen molar-refractivity contribution >= 4 is 11.8 Å². The fourth-order valence-electron chi connectivity index (χ4n) is 1.39. The molecular formula is C10H13NO2. The van der Waals surface area contributed by atoms with Crippen LogP contribution in [0.1, 0.15) is 26.7 Å². The summed E-state index contributed by atoms with van der Waals surface area (Å²) >= 11 is 0. The molecular weight excluding hydrogens is 166 g/mol. The van der Waals surface area contributed by atoms with Crippen LogP contribution in [-0.2, 0) is 9.59 Å². The molecule has 0 N–H and O–H groups in total. The molecule has 0 atom stereocenters. The molecule has 1 rings (SSSR count). The van der Waals surface area contributed by atoms with Crippen LogP contribution in [0.3, 0.4) is 0 Å². The minimum absolute atomic E-state index is 0.0983. The number of imide groups is 1. The maximum atomic E-state index is 11.7. The summed E-state index contributed by atoms with van der Waals surface area (Å²) in [6.45, 7) is 3.78. The van der Waals surface area contributed by atoms with Crippen molar-refractivity contribution < 1.29 is 9.59 Å². The fraction of sp³-hybridized carbons (Fsp3) is 0.600. The summed E-state index contributed by atoms with van der Waals surface area (Å²) in [5.41, 5.74) is -0.440. The third-order valence-electron chi connectivity index (χ3n) is 2.34. The van der Waals surface area contributed by atoms with Gasteiger partial charge in [-0.1, -0.05) is 19.8 Å². The number of hydrogen-bond acceptors (Lipinski definition) is 2. The maximum Gasteiger partial charge on any atom is 0.235 e. The molecule has 0 unspecified atom stereocenters. The molecule has 1 heterocycles. The van der Waals surface area contributed by atoms with Gasteiger partial charge >= 0.3 is 0 Å². The lowest BCUT2D eigenvalue weighted by Crippen LogP contribution is -2.49. The lowest BCUT2D eigenvalue weighted by molar-refractivity contribution is -0.155. The number of amides is 2. The van der Waals surface area contributed by atoms with Gasteiger partial charge in [0.25, 0.3) is 0 Å². The van der Waals surface area contributed by atoms with Crippen LogP contribution in [0.15, 0.2) is 0 Å². The van der Waals surface area contributed by atoms with E-state index >= 15 is 0 Å². The minimum Gasteiger partial charge on any atom is -0.274 e. The smallest absolute Gasteiger partial charge is 0.235 e. The van der Waals surface area contributed by atoms with Gasteiger partial charge in [-0.15, -0.1) is 6.42 Å². The van der Waals surface area contributed by atoms with E-state index in [9.17, 15) is 9.59 Å². The van der Waals surface area contributed by atoms with E-state index in [1.165, 1.54) is 4.90 Å². The lowest BCUT2D eigenvalue weighted by atomic mass is 9.83. The van der Waals surface area contributed by atoms with Crippen LogP contribution in [0.5, 0.6) is 0 Å². The van der Waals surface area contributed by atoms with Crippen LogP contribution in [0.4, 0.5) is 0 Å². The standard InChI is InChI=1S/C10H13NO2/c1-4-7-11-8(12)5-6-10(2,3)9(11)13/h1H,5-7H2,2-3H3. The van der Waals surface area contributed by atoms with Gasteiger partial charge in [-0.2, -0.15) is 0 Å². The van der Waals surface area contributed by atoms with E-state index < -0.39 is 5.41 Å². The highest BCUT2D eigenvalue weighted by atomic mass is 16.2. The van der Waals surface area contributed by atoms with Crippen molar-refractivity contribution in [2.45, 2.75) is 26.7 Å². The van der Waals surface area contributed by atoms with E-state index in [0.717, 1.165) is 0 Å². The largest absolute Gasteiger partial charge is 0.274 e. The molecule has 0 spiro atoms. The van der Waals surface area contributed by atoms with E-state index in [2.05, 4.69) is 5.92 Å². The predicted molar refractivity (Wildman–Crippen MR) is 48.6 cm³/mol. The first-order chi connectivity index (χ1) is 5.99. The molecule has 0 aromatic carbocycles. The van der Waals surface area contributed by atoms with E-state index in [-0.39, 0.29) is 18.4 Å². The summed E-state index contributed by atoms with van der Waals surface area (Å²) in [4.78, 5) is 24.1. The average molecular weight is 179 g/mol. The number of piperidine rings is 1. The van der Waals surface area contributed by atoms with E-state index in [4.69, 9.17) is 6.42 Å². The van der Waals surface area contributed by atoms with Crippen LogP contribution in [-0.4, -0.2) is 23.3 Å². The van der Waals surface area contributed by atoms with Gasteiger partial charge in [0, 0.05) is 11.8 Å². The monoisotopic (exact) mass is 179 g/mol. The van der Waals surface area contributed by atoms with Crippen LogP contribution < -0.4 is 0 Å². The lowest BCUT2D eigenvalue weighted by Gasteiger charge is -2.34. The molecule has 0 bridgehead atoms. The Labute approximate surface area is 78.1 Å². The van der Waals surface area contributed by atoms with Crippen molar-refractivity contribution in [2.75, 3.05) is 6.54 Å². The second-order valence-electron chi connectivity index (χ2n) is 3.87. The number of rotatable bonds is 1. The highest BCUT2D eigenvalue weighted by Gasteiger charge is 2.39. The quantitative estimate of drug-likeness (QED) is 0.441. The van der Waals surface area contributed by atoms with Crippen molar-refractivity contribution in [1.82, 2.24) is 4.90 Å². The summed E-state index contributed by atoms with van der Waals surface area (Å²) in [5, 5.41) is 0. The molecule has 13 heavy (non-hydrogen) atoms. The Bertz CT molecular complexity index is 286. The van der Waals surface area contributed by atoms with Gasteiger partial charge < -0.3 is 0 Å². The number of terminal acetylenes is 1. The molecule has 1 aliphatic rings. The first-order valence-corrected chi connectivity index (χ1v) is 4.27. The Morgan fingerprint density at radius 3 is 2.69 bits per heavy atom. The fourth-order valence-corrected chi connectivity index (χ4v) is 1.39. The summed E-state index contributed by atoms with van der Waals surface area (Å²) in [6.07, 6.45) is 6.11. The van der Waals surface area contributed by atoms with Gasteiger partial charge in [-0.05, 0) is 6.42 Å². The predicted octanol–water partition coefficient (Wildman–Crippen LogP) is 0.795. The highest BCUT2D eigenvalue weighted by molar-refractivity contribution is 6.00. The molecule has 1 saturated heterocycles. The third kappa shape index (κ3) is 1.72. The van der Waals surface area contributed by atoms with Crippen molar-refractivity contribution in [1.29, 1.82) is 0 Å². The number of hydrogen-bond donors (Lipinski definition) is 0. The highest BCUT2D eigenvalue weighted by Crippen LogP contribution is 2.30. The molecule has 3 heteroatoms. The van der Waals surface area contributed by atoms with Crippen LogP contribution >= 0.6 is 0 Å². The molecule has 70 valence electrons. The van der Waals surface area contributed by atoms with E-state index in [1.807, 2.05) is 13.8 Å². The SMILES string of the molecule is C#CCN1C(=O)CCC(C)(C)C1=O. The van der Waals surface area contributed by atoms with Crippen molar-refractivity contribution in [3.05, 3.63) is 0 Å². The zero-order valence-electron chi connectivity index (χ0n) is 7.96. The number of carbonyl (C=O) groups is 2.